The second kappa shape index (κ2) is 14.4. The van der Waals surface area contributed by atoms with Gasteiger partial charge in [0.05, 0.1) is 19.0 Å². The number of fused-ring (bicyclic) bond motifs is 3. The van der Waals surface area contributed by atoms with Crippen LogP contribution in [0.1, 0.15) is 98.9 Å². The standard InChI is InChI=1S/C40H53N3O6/c1-5-42-33-20-28-10-7-6-9-27(28)19-30(33)23-48-38(47)40-37(46)35-29(17-24(2)3)11-8-12-32(35)36(45)39(40,49-40)21-31(22-44)25(4)13-14-26-15-16-43-34(41)18-26/h7-8,10-12,15,18,24,27-28,30,33,42-44H,5-6,9,13-14,16-17,19-23,41H2,1-4H3. The molecule has 5 N–H and O–H groups in total. The SMILES string of the molecule is CCNC1CC2C=CCCC2CC1COC(=O)C12OC1(CC(CO)=C(C)CCC1=CCNC(N)=C1)C(=O)c1cccc(CC(C)C)c1C2=O. The van der Waals surface area contributed by atoms with Gasteiger partial charge in [0.15, 0.2) is 11.4 Å². The summed E-state index contributed by atoms with van der Waals surface area (Å²) < 4.78 is 12.4. The number of Topliss-reactive ketones (excluding diaryl/α,β-unsaturated/α-hetero) is 2. The van der Waals surface area contributed by atoms with E-state index in [1.54, 1.807) is 12.1 Å². The van der Waals surface area contributed by atoms with Gasteiger partial charge in [-0.3, -0.25) is 9.59 Å². The first kappa shape index (κ1) is 35.3. The number of hydrogen-bond acceptors (Lipinski definition) is 9. The van der Waals surface area contributed by atoms with Gasteiger partial charge in [-0.1, -0.05) is 62.8 Å². The zero-order chi connectivity index (χ0) is 34.9. The van der Waals surface area contributed by atoms with Gasteiger partial charge in [0.25, 0.3) is 5.60 Å². The van der Waals surface area contributed by atoms with Crippen molar-refractivity contribution < 1.29 is 29.0 Å². The summed E-state index contributed by atoms with van der Waals surface area (Å²) in [5.41, 5.74) is 5.92. The Morgan fingerprint density at radius 2 is 2.04 bits per heavy atom. The molecule has 0 radical (unpaired) electrons. The summed E-state index contributed by atoms with van der Waals surface area (Å²) in [4.78, 5) is 43.6. The van der Waals surface area contributed by atoms with Crippen molar-refractivity contribution in [3.05, 3.63) is 81.7 Å². The molecule has 49 heavy (non-hydrogen) atoms. The molecular weight excluding hydrogens is 618 g/mol. The van der Waals surface area contributed by atoms with Crippen molar-refractivity contribution in [3.63, 3.8) is 0 Å². The summed E-state index contributed by atoms with van der Waals surface area (Å²) >= 11 is 0. The maximum absolute atomic E-state index is 14.7. The summed E-state index contributed by atoms with van der Waals surface area (Å²) in [5, 5.41) is 17.3. The molecule has 6 atom stereocenters. The molecule has 1 saturated carbocycles. The summed E-state index contributed by atoms with van der Waals surface area (Å²) in [5.74, 6) is 0.259. The molecule has 2 heterocycles. The minimum atomic E-state index is -2.09. The Labute approximate surface area is 290 Å². The van der Waals surface area contributed by atoms with E-state index in [1.165, 1.54) is 0 Å². The van der Waals surface area contributed by atoms with Crippen LogP contribution in [-0.4, -0.2) is 66.2 Å². The molecule has 2 fully saturated rings. The van der Waals surface area contributed by atoms with Gasteiger partial charge in [-0.2, -0.15) is 0 Å². The molecule has 1 saturated heterocycles. The molecule has 1 aromatic rings. The molecule has 6 unspecified atom stereocenters. The van der Waals surface area contributed by atoms with Gasteiger partial charge in [0, 0.05) is 36.1 Å². The number of esters is 1. The maximum Gasteiger partial charge on any atom is 0.350 e. The second-order valence-corrected chi connectivity index (χ2v) is 15.1. The van der Waals surface area contributed by atoms with E-state index in [-0.39, 0.29) is 48.6 Å². The van der Waals surface area contributed by atoms with E-state index in [0.29, 0.717) is 49.0 Å². The number of aliphatic hydroxyl groups excluding tert-OH is 1. The number of benzene rings is 1. The average molecular weight is 672 g/mol. The number of hydrogen-bond donors (Lipinski definition) is 4. The van der Waals surface area contributed by atoms with Crippen LogP contribution in [0.5, 0.6) is 0 Å². The highest BCUT2D eigenvalue weighted by molar-refractivity contribution is 6.33. The lowest BCUT2D eigenvalue weighted by atomic mass is 9.68. The van der Waals surface area contributed by atoms with Crippen LogP contribution in [0, 0.1) is 23.7 Å². The van der Waals surface area contributed by atoms with Crippen molar-refractivity contribution in [3.8, 4) is 0 Å². The number of allylic oxidation sites excluding steroid dienone is 5. The van der Waals surface area contributed by atoms with Crippen LogP contribution in [0.25, 0.3) is 0 Å². The third kappa shape index (κ3) is 6.57. The lowest BCUT2D eigenvalue weighted by Gasteiger charge is -2.42. The number of nitrogens with two attached hydrogens (primary N) is 1. The second-order valence-electron chi connectivity index (χ2n) is 15.1. The first-order chi connectivity index (χ1) is 23.5. The van der Waals surface area contributed by atoms with E-state index in [4.69, 9.17) is 15.2 Å². The monoisotopic (exact) mass is 671 g/mol. The Morgan fingerprint density at radius 3 is 2.78 bits per heavy atom. The van der Waals surface area contributed by atoms with E-state index < -0.39 is 28.7 Å². The highest BCUT2D eigenvalue weighted by Gasteiger charge is 2.85. The summed E-state index contributed by atoms with van der Waals surface area (Å²) in [6, 6.07) is 5.49. The molecule has 9 heteroatoms. The predicted octanol–water partition coefficient (Wildman–Crippen LogP) is 5.09. The van der Waals surface area contributed by atoms with Crippen LogP contribution in [0.2, 0.25) is 0 Å². The Kier molecular flexibility index (Phi) is 10.4. The number of ether oxygens (including phenoxy) is 2. The normalized spacial score (nSPS) is 30.7. The first-order valence-electron chi connectivity index (χ1n) is 18.2. The number of epoxide rings is 1. The van der Waals surface area contributed by atoms with Crippen LogP contribution in [0.4, 0.5) is 0 Å². The Balaban J connectivity index is 1.30. The minimum Gasteiger partial charge on any atom is -0.463 e. The molecule has 9 nitrogen and oxygen atoms in total. The number of carbonyl (C=O) groups excluding carboxylic acids is 3. The van der Waals surface area contributed by atoms with Gasteiger partial charge in [0.2, 0.25) is 5.78 Å². The molecule has 264 valence electrons. The molecule has 3 aliphatic carbocycles. The highest BCUT2D eigenvalue weighted by atomic mass is 16.7. The topological polar surface area (TPSA) is 143 Å². The number of aliphatic hydroxyl groups is 1. The molecule has 0 amide bonds. The van der Waals surface area contributed by atoms with Crippen molar-refractivity contribution in [1.82, 2.24) is 10.6 Å². The zero-order valence-corrected chi connectivity index (χ0v) is 29.5. The van der Waals surface area contributed by atoms with E-state index >= 15 is 0 Å². The smallest absolute Gasteiger partial charge is 0.350 e. The fourth-order valence-corrected chi connectivity index (χ4v) is 8.74. The number of dihydropyridines is 1. The zero-order valence-electron chi connectivity index (χ0n) is 29.5. The number of nitrogens with one attached hydrogen (secondary N) is 2. The lowest BCUT2D eigenvalue weighted by Crippen LogP contribution is -2.52. The van der Waals surface area contributed by atoms with Gasteiger partial charge in [-0.15, -0.1) is 0 Å². The summed E-state index contributed by atoms with van der Waals surface area (Å²) in [6.07, 6.45) is 14.5. The van der Waals surface area contributed by atoms with Crippen molar-refractivity contribution >= 4 is 17.5 Å². The fourth-order valence-electron chi connectivity index (χ4n) is 8.74. The third-order valence-corrected chi connectivity index (χ3v) is 11.4. The molecule has 6 rings (SSSR count). The minimum absolute atomic E-state index is 0.0685. The average Bonchev–Trinajstić information content (AvgIpc) is 3.79. The molecule has 0 spiro atoms. The largest absolute Gasteiger partial charge is 0.463 e. The third-order valence-electron chi connectivity index (χ3n) is 11.4. The summed E-state index contributed by atoms with van der Waals surface area (Å²) in [6.45, 7) is 9.39. The predicted molar refractivity (Wildman–Crippen MR) is 189 cm³/mol. The van der Waals surface area contributed by atoms with Crippen molar-refractivity contribution in [2.75, 3.05) is 26.3 Å². The van der Waals surface area contributed by atoms with E-state index in [2.05, 4.69) is 49.6 Å². The van der Waals surface area contributed by atoms with Crippen molar-refractivity contribution in [2.45, 2.75) is 96.3 Å². The van der Waals surface area contributed by atoms with Crippen LogP contribution in [0.15, 0.2) is 65.0 Å². The van der Waals surface area contributed by atoms with E-state index in [0.717, 1.165) is 48.9 Å². The number of rotatable bonds is 13. The van der Waals surface area contributed by atoms with Crippen molar-refractivity contribution in [1.29, 1.82) is 0 Å². The first-order valence-corrected chi connectivity index (χ1v) is 18.2. The molecule has 0 bridgehead atoms. The van der Waals surface area contributed by atoms with Crippen LogP contribution in [-0.2, 0) is 20.7 Å². The molecular formula is C40H53N3O6. The molecule has 2 aliphatic heterocycles. The number of ketones is 2. The van der Waals surface area contributed by atoms with E-state index in [9.17, 15) is 19.5 Å². The van der Waals surface area contributed by atoms with Crippen molar-refractivity contribution in [2.24, 2.45) is 29.4 Å². The summed E-state index contributed by atoms with van der Waals surface area (Å²) in [7, 11) is 0. The maximum atomic E-state index is 14.7. The fraction of sp³-hybridized carbons (Fsp3) is 0.575. The van der Waals surface area contributed by atoms with Crippen LogP contribution >= 0.6 is 0 Å². The van der Waals surface area contributed by atoms with Gasteiger partial charge in [0.1, 0.15) is 0 Å². The molecule has 5 aliphatic rings. The number of carbonyl (C=O) groups is 3. The van der Waals surface area contributed by atoms with Gasteiger partial charge < -0.3 is 30.9 Å². The van der Waals surface area contributed by atoms with Gasteiger partial charge in [-0.25, -0.2) is 4.79 Å². The quantitative estimate of drug-likeness (QED) is 0.0976. The van der Waals surface area contributed by atoms with Gasteiger partial charge >= 0.3 is 5.97 Å². The lowest BCUT2D eigenvalue weighted by molar-refractivity contribution is -0.150. The van der Waals surface area contributed by atoms with Gasteiger partial charge in [-0.05, 0) is 99.0 Å². The highest BCUT2D eigenvalue weighted by Crippen LogP contribution is 2.60. The van der Waals surface area contributed by atoms with Crippen LogP contribution < -0.4 is 16.4 Å². The molecule has 1 aromatic carbocycles. The Hall–Kier alpha value is -3.53. The van der Waals surface area contributed by atoms with Crippen LogP contribution in [0.3, 0.4) is 0 Å². The Bertz CT molecular complexity index is 1610. The Morgan fingerprint density at radius 1 is 1.22 bits per heavy atom. The molecule has 0 aromatic heterocycles. The van der Waals surface area contributed by atoms with E-state index in [1.807, 2.05) is 19.1 Å².